The van der Waals surface area contributed by atoms with Crippen LogP contribution in [0.25, 0.3) is 0 Å². The molecule has 0 aromatic heterocycles. The van der Waals surface area contributed by atoms with Crippen LogP contribution in [0.15, 0.2) is 106 Å². The van der Waals surface area contributed by atoms with E-state index in [0.717, 1.165) is 37.5 Å². The van der Waals surface area contributed by atoms with Crippen LogP contribution in [0.2, 0.25) is 5.02 Å². The molecule has 1 N–H and O–H groups in total. The van der Waals surface area contributed by atoms with Crippen LogP contribution in [0.1, 0.15) is 35.6 Å². The summed E-state index contributed by atoms with van der Waals surface area (Å²) >= 11 is 9.91. The van der Waals surface area contributed by atoms with Gasteiger partial charge in [0.2, 0.25) is 11.8 Å². The Morgan fingerprint density at radius 3 is 2.18 bits per heavy atom. The van der Waals surface area contributed by atoms with Gasteiger partial charge in [0.15, 0.2) is 0 Å². The van der Waals surface area contributed by atoms with E-state index in [1.165, 1.54) is 17.0 Å². The minimum atomic E-state index is -4.21. The second kappa shape index (κ2) is 15.6. The summed E-state index contributed by atoms with van der Waals surface area (Å²) in [5.74, 6) is -0.838. The molecular weight excluding hydrogens is 674 g/mol. The van der Waals surface area contributed by atoms with Crippen molar-refractivity contribution in [3.8, 4) is 0 Å². The fourth-order valence-electron chi connectivity index (χ4n) is 4.81. The highest BCUT2D eigenvalue weighted by Gasteiger charge is 2.34. The molecule has 0 fully saturated rings. The molecule has 0 radical (unpaired) electrons. The van der Waals surface area contributed by atoms with Crippen molar-refractivity contribution in [3.63, 3.8) is 0 Å². The van der Waals surface area contributed by atoms with E-state index in [9.17, 15) is 18.0 Å². The van der Waals surface area contributed by atoms with Crippen molar-refractivity contribution in [2.75, 3.05) is 17.4 Å². The number of nitrogens with zero attached hydrogens (tertiary/aromatic N) is 2. The van der Waals surface area contributed by atoms with Gasteiger partial charge in [0.05, 0.1) is 10.6 Å². The van der Waals surface area contributed by atoms with Crippen molar-refractivity contribution in [1.29, 1.82) is 0 Å². The van der Waals surface area contributed by atoms with Crippen LogP contribution >= 0.6 is 27.5 Å². The van der Waals surface area contributed by atoms with E-state index in [1.807, 2.05) is 75.4 Å². The molecule has 0 saturated heterocycles. The summed E-state index contributed by atoms with van der Waals surface area (Å²) < 4.78 is 30.3. The molecule has 0 heterocycles. The minimum Gasteiger partial charge on any atom is -0.354 e. The fourth-order valence-corrected chi connectivity index (χ4v) is 6.65. The highest BCUT2D eigenvalue weighted by atomic mass is 79.9. The molecule has 2 amide bonds. The molecule has 10 heteroatoms. The standard InChI is InChI=1S/C35H37BrClN3O4S/c1-4-20-38-35(42)33(21-27-8-6-5-7-9-27)39(23-28-13-15-29(36)16-14-28)34(41)24-40(30-17-12-26(3)32(37)22-30)45(43,44)31-18-10-25(2)11-19-31/h5-19,22,33H,4,20-21,23-24H2,1-3H3,(H,38,42). The van der Waals surface area contributed by atoms with Gasteiger partial charge in [0.25, 0.3) is 10.0 Å². The van der Waals surface area contributed by atoms with Crippen molar-refractivity contribution >= 4 is 55.1 Å². The van der Waals surface area contributed by atoms with E-state index in [2.05, 4.69) is 21.2 Å². The van der Waals surface area contributed by atoms with Gasteiger partial charge in [0.1, 0.15) is 12.6 Å². The first-order chi connectivity index (χ1) is 21.5. The molecule has 0 aliphatic carbocycles. The summed E-state index contributed by atoms with van der Waals surface area (Å²) in [7, 11) is -4.21. The Kier molecular flexibility index (Phi) is 11.8. The number of sulfonamides is 1. The topological polar surface area (TPSA) is 86.8 Å². The maximum absolute atomic E-state index is 14.5. The Balaban J connectivity index is 1.81. The molecule has 0 saturated carbocycles. The Labute approximate surface area is 279 Å². The zero-order valence-corrected chi connectivity index (χ0v) is 28.7. The maximum Gasteiger partial charge on any atom is 0.264 e. The van der Waals surface area contributed by atoms with Gasteiger partial charge in [-0.15, -0.1) is 0 Å². The molecule has 45 heavy (non-hydrogen) atoms. The van der Waals surface area contributed by atoms with Crippen molar-refractivity contribution in [1.82, 2.24) is 10.2 Å². The lowest BCUT2D eigenvalue weighted by Gasteiger charge is -2.34. The van der Waals surface area contributed by atoms with Crippen LogP contribution in [0.5, 0.6) is 0 Å². The Hall–Kier alpha value is -3.66. The highest BCUT2D eigenvalue weighted by Crippen LogP contribution is 2.29. The number of rotatable bonds is 13. The molecule has 4 aromatic rings. The van der Waals surface area contributed by atoms with Gasteiger partial charge in [-0.1, -0.05) is 101 Å². The Morgan fingerprint density at radius 1 is 0.889 bits per heavy atom. The van der Waals surface area contributed by atoms with Crippen molar-refractivity contribution in [2.24, 2.45) is 0 Å². The van der Waals surface area contributed by atoms with Crippen LogP contribution < -0.4 is 9.62 Å². The maximum atomic E-state index is 14.5. The van der Waals surface area contributed by atoms with Crippen LogP contribution in [-0.4, -0.2) is 44.3 Å². The number of amides is 2. The van der Waals surface area contributed by atoms with Gasteiger partial charge < -0.3 is 10.2 Å². The third kappa shape index (κ3) is 8.96. The Morgan fingerprint density at radius 2 is 1.56 bits per heavy atom. The molecule has 4 aromatic carbocycles. The van der Waals surface area contributed by atoms with Gasteiger partial charge in [-0.3, -0.25) is 13.9 Å². The van der Waals surface area contributed by atoms with Crippen LogP contribution in [0, 0.1) is 13.8 Å². The van der Waals surface area contributed by atoms with Gasteiger partial charge in [0, 0.05) is 29.0 Å². The summed E-state index contributed by atoms with van der Waals surface area (Å²) in [6.45, 7) is 5.64. The summed E-state index contributed by atoms with van der Waals surface area (Å²) in [5, 5.41) is 3.33. The van der Waals surface area contributed by atoms with E-state index in [0.29, 0.717) is 11.6 Å². The van der Waals surface area contributed by atoms with Gasteiger partial charge in [-0.05, 0) is 73.4 Å². The van der Waals surface area contributed by atoms with Crippen LogP contribution in [-0.2, 0) is 32.6 Å². The average Bonchev–Trinajstić information content (AvgIpc) is 3.03. The molecule has 1 atom stereocenters. The molecule has 7 nitrogen and oxygen atoms in total. The number of carbonyl (C=O) groups excluding carboxylic acids is 2. The molecule has 1 unspecified atom stereocenters. The number of benzene rings is 4. The first kappa shape index (κ1) is 34.2. The number of anilines is 1. The SMILES string of the molecule is CCCNC(=O)C(Cc1ccccc1)N(Cc1ccc(Br)cc1)C(=O)CN(c1ccc(C)c(Cl)c1)S(=O)(=O)c1ccc(C)cc1. The van der Waals surface area contributed by atoms with E-state index in [-0.39, 0.29) is 29.5 Å². The zero-order valence-electron chi connectivity index (χ0n) is 25.5. The number of aryl methyl sites for hydroxylation is 2. The second-order valence-corrected chi connectivity index (χ2v) is 14.1. The van der Waals surface area contributed by atoms with E-state index >= 15 is 0 Å². The van der Waals surface area contributed by atoms with Gasteiger partial charge >= 0.3 is 0 Å². The average molecular weight is 711 g/mol. The third-order valence-corrected chi connectivity index (χ3v) is 10.1. The number of hydrogen-bond acceptors (Lipinski definition) is 4. The van der Waals surface area contributed by atoms with E-state index < -0.39 is 28.5 Å². The number of nitrogens with one attached hydrogen (secondary N) is 1. The molecule has 0 spiro atoms. The molecule has 236 valence electrons. The summed E-state index contributed by atoms with van der Waals surface area (Å²) in [5.41, 5.74) is 3.58. The third-order valence-electron chi connectivity index (χ3n) is 7.42. The molecule has 4 rings (SSSR count). The number of carbonyl (C=O) groups is 2. The van der Waals surface area contributed by atoms with Crippen molar-refractivity contribution < 1.29 is 18.0 Å². The first-order valence-corrected chi connectivity index (χ1v) is 17.3. The predicted molar refractivity (Wildman–Crippen MR) is 184 cm³/mol. The molecule has 0 aliphatic heterocycles. The zero-order chi connectivity index (χ0) is 32.6. The predicted octanol–water partition coefficient (Wildman–Crippen LogP) is 7.08. The van der Waals surface area contributed by atoms with Crippen molar-refractivity contribution in [3.05, 3.63) is 129 Å². The molecule has 0 bridgehead atoms. The lowest BCUT2D eigenvalue weighted by molar-refractivity contribution is -0.140. The normalized spacial score (nSPS) is 11.9. The quantitative estimate of drug-likeness (QED) is 0.161. The van der Waals surface area contributed by atoms with Crippen LogP contribution in [0.4, 0.5) is 5.69 Å². The fraction of sp³-hybridized carbons (Fsp3) is 0.257. The highest BCUT2D eigenvalue weighted by molar-refractivity contribution is 9.10. The lowest BCUT2D eigenvalue weighted by Crippen LogP contribution is -2.53. The lowest BCUT2D eigenvalue weighted by atomic mass is 10.0. The second-order valence-electron chi connectivity index (χ2n) is 10.9. The van der Waals surface area contributed by atoms with E-state index in [1.54, 1.807) is 30.3 Å². The molecule has 0 aliphatic rings. The summed E-state index contributed by atoms with van der Waals surface area (Å²) in [6.07, 6.45) is 0.973. The smallest absolute Gasteiger partial charge is 0.264 e. The molecular formula is C35H37BrClN3O4S. The minimum absolute atomic E-state index is 0.0404. The number of halogens is 2. The van der Waals surface area contributed by atoms with Gasteiger partial charge in [-0.25, -0.2) is 8.42 Å². The van der Waals surface area contributed by atoms with Gasteiger partial charge in [-0.2, -0.15) is 0 Å². The largest absolute Gasteiger partial charge is 0.354 e. The first-order valence-electron chi connectivity index (χ1n) is 14.7. The summed E-state index contributed by atoms with van der Waals surface area (Å²) in [4.78, 5) is 29.7. The number of hydrogen-bond donors (Lipinski definition) is 1. The van der Waals surface area contributed by atoms with E-state index in [4.69, 9.17) is 11.6 Å². The van der Waals surface area contributed by atoms with Crippen molar-refractivity contribution in [2.45, 2.75) is 51.1 Å². The Bertz CT molecular complexity index is 1720. The monoisotopic (exact) mass is 709 g/mol. The van der Waals surface area contributed by atoms with Crippen LogP contribution in [0.3, 0.4) is 0 Å². The summed E-state index contributed by atoms with van der Waals surface area (Å²) in [6, 6.07) is 27.4.